The molecule has 0 fully saturated rings. The predicted octanol–water partition coefficient (Wildman–Crippen LogP) is -0.717. The Morgan fingerprint density at radius 1 is 1.19 bits per heavy atom. The van der Waals surface area contributed by atoms with Gasteiger partial charge in [0.1, 0.15) is 6.04 Å². The Morgan fingerprint density at radius 3 is 2.19 bits per heavy atom. The van der Waals surface area contributed by atoms with E-state index in [9.17, 15) is 14.4 Å². The van der Waals surface area contributed by atoms with E-state index in [-0.39, 0.29) is 12.6 Å². The monoisotopic (exact) mass is 231 g/mol. The number of hydrogen-bond donors (Lipinski definition) is 4. The summed E-state index contributed by atoms with van der Waals surface area (Å²) in [6, 6.07) is -1.50. The molecule has 0 rings (SSSR count). The largest absolute Gasteiger partial charge is 0.480 e. The highest BCUT2D eigenvalue weighted by Crippen LogP contribution is 1.80. The van der Waals surface area contributed by atoms with Crippen LogP contribution in [0.4, 0.5) is 4.79 Å². The van der Waals surface area contributed by atoms with Crippen LogP contribution in [0.1, 0.15) is 20.8 Å². The molecule has 0 radical (unpaired) electrons. The molecule has 0 spiro atoms. The van der Waals surface area contributed by atoms with E-state index >= 15 is 0 Å². The highest BCUT2D eigenvalue weighted by atomic mass is 16.4. The van der Waals surface area contributed by atoms with Gasteiger partial charge in [0.25, 0.3) is 0 Å². The van der Waals surface area contributed by atoms with Crippen molar-refractivity contribution >= 4 is 17.9 Å². The summed E-state index contributed by atoms with van der Waals surface area (Å²) in [5.41, 5.74) is 0. The van der Waals surface area contributed by atoms with Gasteiger partial charge in [0.2, 0.25) is 5.91 Å². The molecular formula is C9H17N3O4. The average Bonchev–Trinajstić information content (AvgIpc) is 2.12. The van der Waals surface area contributed by atoms with Gasteiger partial charge in [-0.25, -0.2) is 4.79 Å². The third-order valence-electron chi connectivity index (χ3n) is 1.61. The minimum absolute atomic E-state index is 0.0706. The number of carbonyl (C=O) groups excluding carboxylic acids is 2. The maximum atomic E-state index is 11.1. The number of urea groups is 1. The van der Waals surface area contributed by atoms with Gasteiger partial charge >= 0.3 is 12.0 Å². The predicted molar refractivity (Wildman–Crippen MR) is 56.9 cm³/mol. The summed E-state index contributed by atoms with van der Waals surface area (Å²) in [6.45, 7) is 4.70. The molecule has 0 aromatic heterocycles. The summed E-state index contributed by atoms with van der Waals surface area (Å²) in [5.74, 6) is -1.63. The zero-order chi connectivity index (χ0) is 12.7. The summed E-state index contributed by atoms with van der Waals surface area (Å²) >= 11 is 0. The number of aliphatic carboxylic acids is 1. The lowest BCUT2D eigenvalue weighted by Gasteiger charge is -2.11. The number of carboxylic acid groups (broad SMARTS) is 1. The molecule has 0 saturated carbocycles. The van der Waals surface area contributed by atoms with Gasteiger partial charge in [0.05, 0.1) is 6.54 Å². The Hall–Kier alpha value is -1.63. The fraction of sp³-hybridized carbons (Fsp3) is 0.667. The average molecular weight is 231 g/mol. The van der Waals surface area contributed by atoms with Crippen LogP contribution in [-0.4, -0.2) is 41.6 Å². The van der Waals surface area contributed by atoms with Gasteiger partial charge in [-0.05, 0) is 20.8 Å². The van der Waals surface area contributed by atoms with E-state index in [2.05, 4.69) is 16.0 Å². The minimum atomic E-state index is -1.06. The zero-order valence-electron chi connectivity index (χ0n) is 9.53. The van der Waals surface area contributed by atoms with Gasteiger partial charge in [-0.3, -0.25) is 20.2 Å². The molecule has 16 heavy (non-hydrogen) atoms. The molecule has 0 saturated heterocycles. The van der Waals surface area contributed by atoms with E-state index in [1.165, 1.54) is 6.92 Å². The Labute approximate surface area is 93.6 Å². The summed E-state index contributed by atoms with van der Waals surface area (Å²) in [7, 11) is 0. The number of amides is 3. The second-order valence-corrected chi connectivity index (χ2v) is 3.62. The zero-order valence-corrected chi connectivity index (χ0v) is 9.53. The van der Waals surface area contributed by atoms with E-state index in [0.29, 0.717) is 0 Å². The van der Waals surface area contributed by atoms with Crippen molar-refractivity contribution in [1.82, 2.24) is 16.0 Å². The molecule has 4 N–H and O–H groups in total. The Kier molecular flexibility index (Phi) is 6.09. The van der Waals surface area contributed by atoms with Gasteiger partial charge in [0.15, 0.2) is 0 Å². The standard InChI is InChI=1S/C9H17N3O4/c1-5(2)11-9(16)12-7(13)4-10-6(3)8(14)15/h5-6,10H,4H2,1-3H3,(H,14,15)(H2,11,12,13,16)/t6-/m0/s1. The van der Waals surface area contributed by atoms with E-state index in [1.54, 1.807) is 13.8 Å². The molecule has 0 aromatic carbocycles. The van der Waals surface area contributed by atoms with E-state index in [0.717, 1.165) is 0 Å². The van der Waals surface area contributed by atoms with Crippen molar-refractivity contribution in [2.24, 2.45) is 0 Å². The van der Waals surface area contributed by atoms with Crippen molar-refractivity contribution in [3.8, 4) is 0 Å². The molecule has 0 aliphatic heterocycles. The van der Waals surface area contributed by atoms with Crippen LogP contribution in [0.2, 0.25) is 0 Å². The smallest absolute Gasteiger partial charge is 0.321 e. The molecule has 0 aromatic rings. The Bertz CT molecular complexity index is 278. The second-order valence-electron chi connectivity index (χ2n) is 3.62. The molecule has 0 heterocycles. The third kappa shape index (κ3) is 6.77. The lowest BCUT2D eigenvalue weighted by Crippen LogP contribution is -2.47. The first kappa shape index (κ1) is 14.4. The summed E-state index contributed by atoms with van der Waals surface area (Å²) < 4.78 is 0. The van der Waals surface area contributed by atoms with Gasteiger partial charge in [-0.1, -0.05) is 0 Å². The van der Waals surface area contributed by atoms with Crippen LogP contribution >= 0.6 is 0 Å². The molecular weight excluding hydrogens is 214 g/mol. The fourth-order valence-corrected chi connectivity index (χ4v) is 0.802. The molecule has 7 heteroatoms. The summed E-state index contributed by atoms with van der Waals surface area (Å²) in [5, 5.41) is 15.5. The maximum Gasteiger partial charge on any atom is 0.321 e. The number of nitrogens with one attached hydrogen (secondary N) is 3. The van der Waals surface area contributed by atoms with Crippen LogP contribution in [0.5, 0.6) is 0 Å². The molecule has 0 unspecified atom stereocenters. The molecule has 0 aliphatic carbocycles. The van der Waals surface area contributed by atoms with Crippen LogP contribution in [0, 0.1) is 0 Å². The summed E-state index contributed by atoms with van der Waals surface area (Å²) in [6.07, 6.45) is 0. The third-order valence-corrected chi connectivity index (χ3v) is 1.61. The van der Waals surface area contributed by atoms with E-state index in [4.69, 9.17) is 5.11 Å². The number of carboxylic acids is 1. The Balaban J connectivity index is 3.83. The quantitative estimate of drug-likeness (QED) is 0.499. The first-order valence-corrected chi connectivity index (χ1v) is 4.89. The number of hydrogen-bond acceptors (Lipinski definition) is 4. The topological polar surface area (TPSA) is 108 Å². The molecule has 3 amide bonds. The number of carbonyl (C=O) groups is 3. The molecule has 7 nitrogen and oxygen atoms in total. The van der Waals surface area contributed by atoms with Gasteiger partial charge in [-0.15, -0.1) is 0 Å². The van der Waals surface area contributed by atoms with E-state index in [1.807, 2.05) is 0 Å². The fourth-order valence-electron chi connectivity index (χ4n) is 0.802. The van der Waals surface area contributed by atoms with Crippen molar-refractivity contribution in [3.05, 3.63) is 0 Å². The van der Waals surface area contributed by atoms with Crippen LogP contribution in [0.25, 0.3) is 0 Å². The first-order chi connectivity index (χ1) is 7.32. The molecule has 0 aliphatic rings. The maximum absolute atomic E-state index is 11.1. The molecule has 0 bridgehead atoms. The number of imide groups is 1. The normalized spacial score (nSPS) is 12.0. The van der Waals surface area contributed by atoms with Crippen molar-refractivity contribution in [1.29, 1.82) is 0 Å². The summed E-state index contributed by atoms with van der Waals surface area (Å²) in [4.78, 5) is 32.6. The minimum Gasteiger partial charge on any atom is -0.480 e. The van der Waals surface area contributed by atoms with Crippen LogP contribution in [0.3, 0.4) is 0 Å². The van der Waals surface area contributed by atoms with Crippen molar-refractivity contribution in [3.63, 3.8) is 0 Å². The first-order valence-electron chi connectivity index (χ1n) is 4.89. The SMILES string of the molecule is CC(C)NC(=O)NC(=O)CN[C@@H](C)C(=O)O. The van der Waals surface area contributed by atoms with E-state index < -0.39 is 23.9 Å². The number of rotatable bonds is 5. The van der Waals surface area contributed by atoms with Gasteiger partial charge < -0.3 is 10.4 Å². The van der Waals surface area contributed by atoms with Crippen molar-refractivity contribution in [2.75, 3.05) is 6.54 Å². The molecule has 1 atom stereocenters. The Morgan fingerprint density at radius 2 is 1.75 bits per heavy atom. The lowest BCUT2D eigenvalue weighted by atomic mass is 10.3. The highest BCUT2D eigenvalue weighted by Gasteiger charge is 2.13. The van der Waals surface area contributed by atoms with Gasteiger partial charge in [-0.2, -0.15) is 0 Å². The lowest BCUT2D eigenvalue weighted by molar-refractivity contribution is -0.139. The highest BCUT2D eigenvalue weighted by molar-refractivity contribution is 5.95. The van der Waals surface area contributed by atoms with Gasteiger partial charge in [0, 0.05) is 6.04 Å². The van der Waals surface area contributed by atoms with Crippen LogP contribution in [-0.2, 0) is 9.59 Å². The molecule has 92 valence electrons. The van der Waals surface area contributed by atoms with Crippen molar-refractivity contribution in [2.45, 2.75) is 32.9 Å². The van der Waals surface area contributed by atoms with Crippen LogP contribution < -0.4 is 16.0 Å². The van der Waals surface area contributed by atoms with Crippen LogP contribution in [0.15, 0.2) is 0 Å². The second kappa shape index (κ2) is 6.78. The van der Waals surface area contributed by atoms with Crippen molar-refractivity contribution < 1.29 is 19.5 Å².